The summed E-state index contributed by atoms with van der Waals surface area (Å²) in [6.07, 6.45) is 4.09. The molecule has 1 aliphatic heterocycles. The Kier molecular flexibility index (Phi) is 5.93. The van der Waals surface area contributed by atoms with Crippen LogP contribution < -0.4 is 0 Å². The van der Waals surface area contributed by atoms with Crippen LogP contribution >= 0.6 is 23.8 Å². The normalized spacial score (nSPS) is 15.1. The molecule has 1 aliphatic rings. The second-order valence-electron chi connectivity index (χ2n) is 8.80. The fourth-order valence-corrected chi connectivity index (χ4v) is 5.17. The summed E-state index contributed by atoms with van der Waals surface area (Å²) in [5.41, 5.74) is 2.86. The van der Waals surface area contributed by atoms with Gasteiger partial charge in [0.05, 0.1) is 6.67 Å². The first-order valence-corrected chi connectivity index (χ1v) is 12.5. The summed E-state index contributed by atoms with van der Waals surface area (Å²) >= 11 is 12.1. The molecule has 6 rings (SSSR count). The summed E-state index contributed by atoms with van der Waals surface area (Å²) in [6, 6.07) is 23.9. The predicted octanol–water partition coefficient (Wildman–Crippen LogP) is 5.60. The molecular formula is C26H24ClN7S. The van der Waals surface area contributed by atoms with E-state index < -0.39 is 0 Å². The van der Waals surface area contributed by atoms with Crippen LogP contribution in [0.2, 0.25) is 5.02 Å². The van der Waals surface area contributed by atoms with Crippen LogP contribution in [0.15, 0.2) is 79.0 Å². The van der Waals surface area contributed by atoms with Gasteiger partial charge in [-0.25, -0.2) is 4.68 Å². The summed E-state index contributed by atoms with van der Waals surface area (Å²) in [6.45, 7) is 2.54. The molecule has 35 heavy (non-hydrogen) atoms. The van der Waals surface area contributed by atoms with E-state index in [0.29, 0.717) is 22.4 Å². The van der Waals surface area contributed by atoms with Crippen molar-refractivity contribution in [3.05, 3.63) is 94.6 Å². The van der Waals surface area contributed by atoms with Crippen LogP contribution in [0.25, 0.3) is 22.7 Å². The third-order valence-corrected chi connectivity index (χ3v) is 7.23. The molecular weight excluding hydrogens is 478 g/mol. The lowest BCUT2D eigenvalue weighted by molar-refractivity contribution is 0.158. The molecule has 1 saturated heterocycles. The highest BCUT2D eigenvalue weighted by atomic mass is 35.5. The number of para-hydroxylation sites is 1. The van der Waals surface area contributed by atoms with Crippen LogP contribution in [0.1, 0.15) is 24.6 Å². The minimum absolute atomic E-state index is 0.392. The Balaban J connectivity index is 1.25. The third-order valence-electron chi connectivity index (χ3n) is 6.58. The van der Waals surface area contributed by atoms with Crippen molar-refractivity contribution in [1.29, 1.82) is 0 Å². The van der Waals surface area contributed by atoms with E-state index in [1.54, 1.807) is 0 Å². The summed E-state index contributed by atoms with van der Waals surface area (Å²) in [5, 5.41) is 14.5. The lowest BCUT2D eigenvalue weighted by Crippen LogP contribution is -2.35. The molecule has 0 amide bonds. The fraction of sp³-hybridized carbons (Fsp3) is 0.231. The second-order valence-corrected chi connectivity index (χ2v) is 9.61. The Hall–Kier alpha value is -3.33. The van der Waals surface area contributed by atoms with Gasteiger partial charge in [0.1, 0.15) is 5.82 Å². The van der Waals surface area contributed by atoms with Crippen molar-refractivity contribution in [2.24, 2.45) is 0 Å². The molecule has 0 saturated carbocycles. The molecule has 2 aromatic carbocycles. The van der Waals surface area contributed by atoms with Crippen LogP contribution in [-0.2, 0) is 6.67 Å². The summed E-state index contributed by atoms with van der Waals surface area (Å²) in [4.78, 5) is 2.41. The smallest absolute Gasteiger partial charge is 0.204 e. The molecule has 7 nitrogen and oxygen atoms in total. The van der Waals surface area contributed by atoms with Gasteiger partial charge in [-0.05, 0) is 73.6 Å². The lowest BCUT2D eigenvalue weighted by atomic mass is 9.96. The summed E-state index contributed by atoms with van der Waals surface area (Å²) in [5.74, 6) is 2.25. The Labute approximate surface area is 213 Å². The van der Waals surface area contributed by atoms with Crippen LogP contribution in [0.5, 0.6) is 0 Å². The topological polar surface area (TPSA) is 56.2 Å². The SMILES string of the molecule is S=c1n(CN2CCC(c3nnc4ccccn34)CC2)nc(-c2ccc(Cl)cc2)n1-c1ccccc1. The average Bonchev–Trinajstić information content (AvgIpc) is 3.47. The van der Waals surface area contributed by atoms with Crippen molar-refractivity contribution in [1.82, 2.24) is 33.8 Å². The third kappa shape index (κ3) is 4.29. The van der Waals surface area contributed by atoms with Crippen LogP contribution in [0, 0.1) is 4.77 Å². The van der Waals surface area contributed by atoms with Crippen molar-refractivity contribution in [2.45, 2.75) is 25.4 Å². The zero-order chi connectivity index (χ0) is 23.8. The number of hydrogen-bond donors (Lipinski definition) is 0. The Morgan fingerprint density at radius 3 is 2.40 bits per heavy atom. The quantitative estimate of drug-likeness (QED) is 0.293. The van der Waals surface area contributed by atoms with E-state index in [1.165, 1.54) is 0 Å². The monoisotopic (exact) mass is 501 g/mol. The Bertz CT molecular complexity index is 1510. The van der Waals surface area contributed by atoms with Crippen molar-refractivity contribution in [3.8, 4) is 17.1 Å². The molecule has 3 aromatic heterocycles. The Morgan fingerprint density at radius 1 is 0.886 bits per heavy atom. The van der Waals surface area contributed by atoms with Gasteiger partial charge in [0.25, 0.3) is 0 Å². The standard InChI is InChI=1S/C26H24ClN7S/c27-21-11-9-19(10-12-21)25-30-33(26(35)34(25)22-6-2-1-3-7-22)18-31-16-13-20(14-17-31)24-29-28-23-8-4-5-15-32(23)24/h1-12,15,20H,13-14,16-18H2. The molecule has 5 aromatic rings. The van der Waals surface area contributed by atoms with Gasteiger partial charge in [0, 0.05) is 41.5 Å². The maximum absolute atomic E-state index is 6.13. The average molecular weight is 502 g/mol. The minimum Gasteiger partial charge on any atom is -0.286 e. The van der Waals surface area contributed by atoms with Gasteiger partial charge in [0.15, 0.2) is 11.5 Å². The second kappa shape index (κ2) is 9.37. The van der Waals surface area contributed by atoms with Crippen molar-refractivity contribution >= 4 is 29.5 Å². The molecule has 1 fully saturated rings. The minimum atomic E-state index is 0.392. The first-order chi connectivity index (χ1) is 17.2. The fourth-order valence-electron chi connectivity index (χ4n) is 4.76. The van der Waals surface area contributed by atoms with E-state index in [2.05, 4.69) is 31.6 Å². The zero-order valence-corrected chi connectivity index (χ0v) is 20.6. The number of benzene rings is 2. The number of aromatic nitrogens is 6. The first-order valence-electron chi connectivity index (χ1n) is 11.7. The molecule has 0 spiro atoms. The van der Waals surface area contributed by atoms with E-state index >= 15 is 0 Å². The summed E-state index contributed by atoms with van der Waals surface area (Å²) < 4.78 is 6.75. The van der Waals surface area contributed by atoms with Crippen molar-refractivity contribution in [3.63, 3.8) is 0 Å². The van der Waals surface area contributed by atoms with Crippen molar-refractivity contribution < 1.29 is 0 Å². The number of nitrogens with zero attached hydrogens (tertiary/aromatic N) is 7. The molecule has 176 valence electrons. The highest BCUT2D eigenvalue weighted by Crippen LogP contribution is 2.28. The maximum Gasteiger partial charge on any atom is 0.204 e. The molecule has 0 aliphatic carbocycles. The molecule has 0 unspecified atom stereocenters. The number of pyridine rings is 1. The van der Waals surface area contributed by atoms with Gasteiger partial charge in [-0.15, -0.1) is 15.3 Å². The highest BCUT2D eigenvalue weighted by molar-refractivity contribution is 7.71. The lowest BCUT2D eigenvalue weighted by Gasteiger charge is -2.30. The number of fused-ring (bicyclic) bond motifs is 1. The van der Waals surface area contributed by atoms with E-state index in [9.17, 15) is 0 Å². The van der Waals surface area contributed by atoms with Crippen molar-refractivity contribution in [2.75, 3.05) is 13.1 Å². The molecule has 9 heteroatoms. The molecule has 4 heterocycles. The first kappa shape index (κ1) is 22.2. The van der Waals surface area contributed by atoms with Gasteiger partial charge in [-0.3, -0.25) is 13.9 Å². The molecule has 0 N–H and O–H groups in total. The van der Waals surface area contributed by atoms with Gasteiger partial charge >= 0.3 is 0 Å². The maximum atomic E-state index is 6.13. The highest BCUT2D eigenvalue weighted by Gasteiger charge is 2.25. The van der Waals surface area contributed by atoms with Gasteiger partial charge in [0.2, 0.25) is 4.77 Å². The zero-order valence-electron chi connectivity index (χ0n) is 19.0. The number of halogens is 1. The van der Waals surface area contributed by atoms with Gasteiger partial charge in [-0.2, -0.15) is 0 Å². The van der Waals surface area contributed by atoms with E-state index in [1.807, 2.05) is 76.1 Å². The molecule has 0 atom stereocenters. The molecule has 0 radical (unpaired) electrons. The summed E-state index contributed by atoms with van der Waals surface area (Å²) in [7, 11) is 0. The largest absolute Gasteiger partial charge is 0.286 e. The predicted molar refractivity (Wildman–Crippen MR) is 139 cm³/mol. The number of hydrogen-bond acceptors (Lipinski definition) is 5. The number of rotatable bonds is 5. The number of likely N-dealkylation sites (tertiary alicyclic amines) is 1. The van der Waals surface area contributed by atoms with Crippen LogP contribution in [0.3, 0.4) is 0 Å². The van der Waals surface area contributed by atoms with E-state index in [0.717, 1.165) is 54.5 Å². The number of piperidine rings is 1. The van der Waals surface area contributed by atoms with E-state index in [-0.39, 0.29) is 0 Å². The van der Waals surface area contributed by atoms with E-state index in [4.69, 9.17) is 28.9 Å². The van der Waals surface area contributed by atoms with Crippen LogP contribution in [0.4, 0.5) is 0 Å². The Morgan fingerprint density at radius 2 is 1.63 bits per heavy atom. The van der Waals surface area contributed by atoms with Crippen LogP contribution in [-0.4, -0.2) is 46.9 Å². The van der Waals surface area contributed by atoms with Gasteiger partial charge in [-0.1, -0.05) is 35.9 Å². The molecule has 0 bridgehead atoms. The van der Waals surface area contributed by atoms with Gasteiger partial charge < -0.3 is 0 Å².